The number of nitrogens with zero attached hydrogens (tertiary/aromatic N) is 3. The molecule has 1 aromatic heterocycles. The van der Waals surface area contributed by atoms with Gasteiger partial charge in [0.1, 0.15) is 0 Å². The van der Waals surface area contributed by atoms with Crippen LogP contribution in [0.15, 0.2) is 12.4 Å². The molecule has 0 bridgehead atoms. The van der Waals surface area contributed by atoms with Gasteiger partial charge in [-0.15, -0.1) is 0 Å². The molecule has 2 rings (SSSR count). The molecule has 0 aliphatic carbocycles. The predicted molar refractivity (Wildman–Crippen MR) is 62.3 cm³/mol. The highest BCUT2D eigenvalue weighted by Gasteiger charge is 2.28. The van der Waals surface area contributed by atoms with E-state index >= 15 is 0 Å². The minimum atomic E-state index is 0.436. The van der Waals surface area contributed by atoms with Crippen molar-refractivity contribution in [3.05, 3.63) is 18.0 Å². The molecule has 0 radical (unpaired) electrons. The summed E-state index contributed by atoms with van der Waals surface area (Å²) in [5, 5.41) is 0. The summed E-state index contributed by atoms with van der Waals surface area (Å²) < 4.78 is 4.94. The average molecular weight is 221 g/mol. The molecule has 1 aliphatic rings. The number of likely N-dealkylation sites (tertiary alicyclic amines) is 1. The van der Waals surface area contributed by atoms with E-state index in [1.165, 1.54) is 13.0 Å². The molecule has 1 saturated heterocycles. The van der Waals surface area contributed by atoms with Gasteiger partial charge in [-0.05, 0) is 18.4 Å². The smallest absolute Gasteiger partial charge is 0.316 e. The van der Waals surface area contributed by atoms with E-state index in [2.05, 4.69) is 28.7 Å². The van der Waals surface area contributed by atoms with Crippen LogP contribution >= 0.6 is 0 Å². The third-order valence-corrected chi connectivity index (χ3v) is 3.03. The highest BCUT2D eigenvalue weighted by molar-refractivity contribution is 5.07. The molecule has 0 atom stereocenters. The largest absolute Gasteiger partial charge is 0.467 e. The number of hydrogen-bond donors (Lipinski definition) is 0. The van der Waals surface area contributed by atoms with Crippen LogP contribution in [-0.2, 0) is 6.54 Å². The Kier molecular flexibility index (Phi) is 3.10. The maximum Gasteiger partial charge on any atom is 0.316 e. The lowest BCUT2D eigenvalue weighted by molar-refractivity contribution is 0.283. The summed E-state index contributed by atoms with van der Waals surface area (Å²) in [5.74, 6) is 0. The van der Waals surface area contributed by atoms with Crippen LogP contribution in [0.5, 0.6) is 6.01 Å². The quantitative estimate of drug-likeness (QED) is 0.779. The fourth-order valence-corrected chi connectivity index (χ4v) is 2.15. The second kappa shape index (κ2) is 4.37. The van der Waals surface area contributed by atoms with Crippen molar-refractivity contribution >= 4 is 0 Å². The van der Waals surface area contributed by atoms with Gasteiger partial charge >= 0.3 is 6.01 Å². The van der Waals surface area contributed by atoms with Gasteiger partial charge in [-0.3, -0.25) is 4.90 Å². The summed E-state index contributed by atoms with van der Waals surface area (Å²) in [6.07, 6.45) is 4.96. The van der Waals surface area contributed by atoms with Crippen LogP contribution in [0.1, 0.15) is 25.8 Å². The van der Waals surface area contributed by atoms with Crippen molar-refractivity contribution in [2.75, 3.05) is 20.2 Å². The van der Waals surface area contributed by atoms with Gasteiger partial charge in [0.2, 0.25) is 0 Å². The van der Waals surface area contributed by atoms with E-state index in [4.69, 9.17) is 4.74 Å². The Morgan fingerprint density at radius 1 is 1.38 bits per heavy atom. The van der Waals surface area contributed by atoms with Crippen LogP contribution in [0.4, 0.5) is 0 Å². The fraction of sp³-hybridized carbons (Fsp3) is 0.667. The fourth-order valence-electron chi connectivity index (χ4n) is 2.15. The van der Waals surface area contributed by atoms with E-state index in [-0.39, 0.29) is 0 Å². The minimum Gasteiger partial charge on any atom is -0.467 e. The molecule has 0 amide bonds. The second-order valence-electron chi connectivity index (χ2n) is 5.20. The molecular formula is C12H19N3O. The van der Waals surface area contributed by atoms with Crippen LogP contribution < -0.4 is 4.74 Å². The average Bonchev–Trinajstić information content (AvgIpc) is 2.59. The van der Waals surface area contributed by atoms with Crippen LogP contribution in [-0.4, -0.2) is 35.1 Å². The zero-order valence-corrected chi connectivity index (χ0v) is 10.2. The van der Waals surface area contributed by atoms with Gasteiger partial charge < -0.3 is 4.74 Å². The molecule has 0 unspecified atom stereocenters. The minimum absolute atomic E-state index is 0.436. The number of rotatable bonds is 3. The van der Waals surface area contributed by atoms with Gasteiger partial charge in [-0.1, -0.05) is 13.8 Å². The molecule has 0 spiro atoms. The lowest BCUT2D eigenvalue weighted by Crippen LogP contribution is -2.23. The van der Waals surface area contributed by atoms with Crippen molar-refractivity contribution in [2.24, 2.45) is 5.41 Å². The summed E-state index contributed by atoms with van der Waals surface area (Å²) in [6, 6.07) is 0.436. The zero-order valence-electron chi connectivity index (χ0n) is 10.2. The summed E-state index contributed by atoms with van der Waals surface area (Å²) in [6.45, 7) is 7.89. The maximum absolute atomic E-state index is 4.94. The first-order valence-corrected chi connectivity index (χ1v) is 5.66. The topological polar surface area (TPSA) is 38.2 Å². The Hall–Kier alpha value is -1.16. The Morgan fingerprint density at radius 3 is 2.56 bits per heavy atom. The number of ether oxygens (including phenoxy) is 1. The summed E-state index contributed by atoms with van der Waals surface area (Å²) in [7, 11) is 1.58. The first kappa shape index (κ1) is 11.3. The first-order chi connectivity index (χ1) is 7.59. The Morgan fingerprint density at radius 2 is 2.06 bits per heavy atom. The molecule has 88 valence electrons. The van der Waals surface area contributed by atoms with Crippen LogP contribution in [0.25, 0.3) is 0 Å². The molecular weight excluding hydrogens is 202 g/mol. The lowest BCUT2D eigenvalue weighted by atomic mass is 9.93. The summed E-state index contributed by atoms with van der Waals surface area (Å²) >= 11 is 0. The van der Waals surface area contributed by atoms with E-state index in [1.54, 1.807) is 7.11 Å². The van der Waals surface area contributed by atoms with Crippen LogP contribution in [0.3, 0.4) is 0 Å². The third kappa shape index (κ3) is 2.70. The predicted octanol–water partition coefficient (Wildman–Crippen LogP) is 1.72. The van der Waals surface area contributed by atoms with E-state index in [9.17, 15) is 0 Å². The number of aromatic nitrogens is 2. The highest BCUT2D eigenvalue weighted by atomic mass is 16.5. The Labute approximate surface area is 96.7 Å². The van der Waals surface area contributed by atoms with Gasteiger partial charge in [0.05, 0.1) is 7.11 Å². The second-order valence-corrected chi connectivity index (χ2v) is 5.20. The molecule has 1 aliphatic heterocycles. The Bertz CT molecular complexity index is 348. The molecule has 0 N–H and O–H groups in total. The SMILES string of the molecule is COc1ncc(CN2CCC(C)(C)C2)cn1. The zero-order chi connectivity index (χ0) is 11.6. The molecule has 4 nitrogen and oxygen atoms in total. The van der Waals surface area contributed by atoms with Gasteiger partial charge in [-0.25, -0.2) is 9.97 Å². The molecule has 0 aromatic carbocycles. The molecule has 16 heavy (non-hydrogen) atoms. The van der Waals surface area contributed by atoms with E-state index < -0.39 is 0 Å². The number of hydrogen-bond acceptors (Lipinski definition) is 4. The van der Waals surface area contributed by atoms with Gasteiger partial charge in [-0.2, -0.15) is 0 Å². The first-order valence-electron chi connectivity index (χ1n) is 5.66. The van der Waals surface area contributed by atoms with Crippen molar-refractivity contribution in [3.63, 3.8) is 0 Å². The normalized spacial score (nSPS) is 19.9. The van der Waals surface area contributed by atoms with Crippen molar-refractivity contribution in [1.82, 2.24) is 14.9 Å². The van der Waals surface area contributed by atoms with Gasteiger partial charge in [0.25, 0.3) is 0 Å². The molecule has 4 heteroatoms. The van der Waals surface area contributed by atoms with Crippen LogP contribution in [0, 0.1) is 5.41 Å². The lowest BCUT2D eigenvalue weighted by Gasteiger charge is -2.19. The van der Waals surface area contributed by atoms with Gasteiger partial charge in [0.15, 0.2) is 0 Å². The molecule has 1 aromatic rings. The van der Waals surface area contributed by atoms with E-state index in [0.717, 1.165) is 18.7 Å². The third-order valence-electron chi connectivity index (χ3n) is 3.03. The summed E-state index contributed by atoms with van der Waals surface area (Å²) in [4.78, 5) is 10.7. The highest BCUT2D eigenvalue weighted by Crippen LogP contribution is 2.29. The van der Waals surface area contributed by atoms with E-state index in [0.29, 0.717) is 11.4 Å². The van der Waals surface area contributed by atoms with Crippen LogP contribution in [0.2, 0.25) is 0 Å². The Balaban J connectivity index is 1.94. The van der Waals surface area contributed by atoms with Crippen molar-refractivity contribution in [2.45, 2.75) is 26.8 Å². The van der Waals surface area contributed by atoms with Gasteiger partial charge in [0, 0.05) is 31.0 Å². The monoisotopic (exact) mass is 221 g/mol. The van der Waals surface area contributed by atoms with Crippen molar-refractivity contribution in [1.29, 1.82) is 0 Å². The van der Waals surface area contributed by atoms with Crippen molar-refractivity contribution in [3.8, 4) is 6.01 Å². The maximum atomic E-state index is 4.94. The number of methoxy groups -OCH3 is 1. The summed E-state index contributed by atoms with van der Waals surface area (Å²) in [5.41, 5.74) is 1.60. The molecule has 2 heterocycles. The van der Waals surface area contributed by atoms with Crippen molar-refractivity contribution < 1.29 is 4.74 Å². The molecule has 1 fully saturated rings. The van der Waals surface area contributed by atoms with E-state index in [1.807, 2.05) is 12.4 Å². The molecule has 0 saturated carbocycles. The standard InChI is InChI=1S/C12H19N3O/c1-12(2)4-5-15(9-12)8-10-6-13-11(16-3)14-7-10/h6-7H,4-5,8-9H2,1-3H3.